The van der Waals surface area contributed by atoms with Crippen molar-refractivity contribution in [1.29, 1.82) is 0 Å². The fourth-order valence-corrected chi connectivity index (χ4v) is 4.63. The quantitative estimate of drug-likeness (QED) is 0.729. The molecule has 2 aliphatic rings. The number of allylic oxidation sites excluding steroid dienone is 2. The van der Waals surface area contributed by atoms with Crippen LogP contribution in [0.15, 0.2) is 48.6 Å². The Morgan fingerprint density at radius 2 is 1.10 bits per heavy atom. The lowest BCUT2D eigenvalue weighted by molar-refractivity contribution is -0.129. The first-order valence-electron chi connectivity index (χ1n) is 10.3. The van der Waals surface area contributed by atoms with Crippen LogP contribution in [0.2, 0.25) is 0 Å². The molecule has 1 saturated carbocycles. The Balaban J connectivity index is 1.53. The highest BCUT2D eigenvalue weighted by Gasteiger charge is 2.51. The van der Waals surface area contributed by atoms with Crippen LogP contribution in [0.4, 0.5) is 11.4 Å². The maximum atomic E-state index is 13.1. The Kier molecular flexibility index (Phi) is 5.03. The third kappa shape index (κ3) is 3.71. The van der Waals surface area contributed by atoms with Gasteiger partial charge in [-0.05, 0) is 92.5 Å². The Morgan fingerprint density at radius 1 is 0.690 bits per heavy atom. The van der Waals surface area contributed by atoms with Crippen molar-refractivity contribution >= 4 is 23.2 Å². The SMILES string of the molecule is Cc1ccc(NC(=O)[C@@H]2[C@H](C(=O)Nc3ccc(C)c(C)c3)[C@H]3C=C[C@H]2C3)cc1C. The highest BCUT2D eigenvalue weighted by molar-refractivity contribution is 6.01. The van der Waals surface area contributed by atoms with Gasteiger partial charge in [0.2, 0.25) is 11.8 Å². The molecule has 0 radical (unpaired) electrons. The number of fused-ring (bicyclic) bond motifs is 2. The number of amides is 2. The summed E-state index contributed by atoms with van der Waals surface area (Å²) in [5, 5.41) is 6.10. The van der Waals surface area contributed by atoms with Crippen LogP contribution < -0.4 is 10.6 Å². The van der Waals surface area contributed by atoms with E-state index in [1.165, 1.54) is 11.1 Å². The molecule has 2 aromatic carbocycles. The Hall–Kier alpha value is -2.88. The van der Waals surface area contributed by atoms with Gasteiger partial charge in [0.1, 0.15) is 0 Å². The lowest BCUT2D eigenvalue weighted by Crippen LogP contribution is -2.39. The van der Waals surface area contributed by atoms with Gasteiger partial charge >= 0.3 is 0 Å². The molecule has 0 unspecified atom stereocenters. The lowest BCUT2D eigenvalue weighted by Gasteiger charge is -2.26. The molecule has 4 atom stereocenters. The van der Waals surface area contributed by atoms with Gasteiger partial charge in [-0.1, -0.05) is 24.3 Å². The molecule has 0 spiro atoms. The van der Waals surface area contributed by atoms with Gasteiger partial charge in [-0.2, -0.15) is 0 Å². The van der Waals surface area contributed by atoms with E-state index in [0.29, 0.717) is 0 Å². The van der Waals surface area contributed by atoms with Crippen molar-refractivity contribution in [2.24, 2.45) is 23.7 Å². The van der Waals surface area contributed by atoms with E-state index in [1.807, 2.05) is 50.2 Å². The topological polar surface area (TPSA) is 58.2 Å². The van der Waals surface area contributed by atoms with Gasteiger partial charge in [0, 0.05) is 11.4 Å². The van der Waals surface area contributed by atoms with E-state index < -0.39 is 0 Å². The van der Waals surface area contributed by atoms with Gasteiger partial charge in [0.15, 0.2) is 0 Å². The molecule has 0 aliphatic heterocycles. The highest BCUT2D eigenvalue weighted by Crippen LogP contribution is 2.48. The zero-order chi connectivity index (χ0) is 20.7. The summed E-state index contributed by atoms with van der Waals surface area (Å²) < 4.78 is 0. The number of rotatable bonds is 4. The minimum atomic E-state index is -0.335. The Bertz CT molecular complexity index is 928. The van der Waals surface area contributed by atoms with Crippen molar-refractivity contribution in [2.75, 3.05) is 10.6 Å². The zero-order valence-corrected chi connectivity index (χ0v) is 17.5. The number of anilines is 2. The third-order valence-electron chi connectivity index (χ3n) is 6.61. The van der Waals surface area contributed by atoms with Gasteiger partial charge in [-0.15, -0.1) is 0 Å². The maximum Gasteiger partial charge on any atom is 0.228 e. The number of hydrogen-bond acceptors (Lipinski definition) is 2. The molecule has 29 heavy (non-hydrogen) atoms. The van der Waals surface area contributed by atoms with Crippen LogP contribution in [-0.4, -0.2) is 11.8 Å². The van der Waals surface area contributed by atoms with Crippen molar-refractivity contribution in [3.05, 3.63) is 70.8 Å². The first kappa shape index (κ1) is 19.4. The zero-order valence-electron chi connectivity index (χ0n) is 17.5. The number of aryl methyl sites for hydroxylation is 4. The van der Waals surface area contributed by atoms with Gasteiger partial charge in [-0.25, -0.2) is 0 Å². The molecule has 0 saturated heterocycles. The van der Waals surface area contributed by atoms with E-state index in [4.69, 9.17) is 0 Å². The summed E-state index contributed by atoms with van der Waals surface area (Å²) in [7, 11) is 0. The van der Waals surface area contributed by atoms with E-state index in [9.17, 15) is 9.59 Å². The standard InChI is InChI=1S/C25H28N2O2/c1-14-5-9-20(11-16(14)3)26-24(28)22-18-7-8-19(13-18)23(22)25(29)27-21-10-6-15(2)17(4)12-21/h5-12,18-19,22-23H,13H2,1-4H3,(H,26,28)(H,27,29)/t18-,19-,22-,23+/m0/s1. The molecule has 0 aromatic heterocycles. The first-order valence-corrected chi connectivity index (χ1v) is 10.3. The van der Waals surface area contributed by atoms with Gasteiger partial charge in [0.05, 0.1) is 11.8 Å². The molecule has 2 amide bonds. The molecule has 4 nitrogen and oxygen atoms in total. The van der Waals surface area contributed by atoms with Crippen molar-refractivity contribution in [2.45, 2.75) is 34.1 Å². The third-order valence-corrected chi connectivity index (χ3v) is 6.61. The normalized spacial score (nSPS) is 24.6. The Labute approximate surface area is 172 Å². The maximum absolute atomic E-state index is 13.1. The number of nitrogens with one attached hydrogen (secondary N) is 2. The van der Waals surface area contributed by atoms with Crippen LogP contribution >= 0.6 is 0 Å². The number of carbonyl (C=O) groups is 2. The molecule has 0 heterocycles. The summed E-state index contributed by atoms with van der Waals surface area (Å²) in [4.78, 5) is 26.3. The van der Waals surface area contributed by atoms with E-state index in [-0.39, 0.29) is 35.5 Å². The second-order valence-corrected chi connectivity index (χ2v) is 8.58. The Morgan fingerprint density at radius 3 is 1.48 bits per heavy atom. The predicted molar refractivity (Wildman–Crippen MR) is 117 cm³/mol. The second-order valence-electron chi connectivity index (χ2n) is 8.58. The molecule has 1 fully saturated rings. The number of hydrogen-bond donors (Lipinski definition) is 2. The molecular formula is C25H28N2O2. The first-order chi connectivity index (χ1) is 13.8. The van der Waals surface area contributed by atoms with Gasteiger partial charge < -0.3 is 10.6 Å². The van der Waals surface area contributed by atoms with E-state index in [0.717, 1.165) is 28.9 Å². The second kappa shape index (κ2) is 7.51. The van der Waals surface area contributed by atoms with Crippen LogP contribution in [0.25, 0.3) is 0 Å². The number of benzene rings is 2. The molecule has 2 aliphatic carbocycles. The minimum absolute atomic E-state index is 0.0645. The van der Waals surface area contributed by atoms with E-state index in [1.54, 1.807) is 0 Å². The van der Waals surface area contributed by atoms with Crippen LogP contribution in [0.3, 0.4) is 0 Å². The highest BCUT2D eigenvalue weighted by atomic mass is 16.2. The average molecular weight is 389 g/mol. The summed E-state index contributed by atoms with van der Waals surface area (Å²) in [5.74, 6) is -0.545. The van der Waals surface area contributed by atoms with Gasteiger partial charge in [0.25, 0.3) is 0 Å². The summed E-state index contributed by atoms with van der Waals surface area (Å²) in [5.41, 5.74) is 6.24. The molecule has 4 rings (SSSR count). The van der Waals surface area contributed by atoms with Gasteiger partial charge in [-0.3, -0.25) is 9.59 Å². The van der Waals surface area contributed by atoms with E-state index >= 15 is 0 Å². The van der Waals surface area contributed by atoms with Crippen LogP contribution in [-0.2, 0) is 9.59 Å². The van der Waals surface area contributed by atoms with Crippen molar-refractivity contribution in [3.63, 3.8) is 0 Å². The van der Waals surface area contributed by atoms with Crippen molar-refractivity contribution in [1.82, 2.24) is 0 Å². The van der Waals surface area contributed by atoms with Crippen LogP contribution in [0.1, 0.15) is 28.7 Å². The smallest absolute Gasteiger partial charge is 0.228 e. The average Bonchev–Trinajstić information content (AvgIpc) is 3.29. The molecule has 2 N–H and O–H groups in total. The molecule has 2 bridgehead atoms. The van der Waals surface area contributed by atoms with Crippen LogP contribution in [0, 0.1) is 51.4 Å². The minimum Gasteiger partial charge on any atom is -0.326 e. The summed E-state index contributed by atoms with van der Waals surface area (Å²) in [6, 6.07) is 11.8. The predicted octanol–water partition coefficient (Wildman–Crippen LogP) is 4.94. The fraction of sp³-hybridized carbons (Fsp3) is 0.360. The molecule has 4 heteroatoms. The lowest BCUT2D eigenvalue weighted by atomic mass is 9.81. The molecular weight excluding hydrogens is 360 g/mol. The summed E-state index contributed by atoms with van der Waals surface area (Å²) in [6.45, 7) is 8.17. The molecule has 150 valence electrons. The summed E-state index contributed by atoms with van der Waals surface area (Å²) >= 11 is 0. The largest absolute Gasteiger partial charge is 0.326 e. The molecule has 2 aromatic rings. The summed E-state index contributed by atoms with van der Waals surface area (Å²) in [6.07, 6.45) is 5.08. The fourth-order valence-electron chi connectivity index (χ4n) is 4.63. The van der Waals surface area contributed by atoms with E-state index in [2.05, 4.69) is 36.6 Å². The number of carbonyl (C=O) groups excluding carboxylic acids is 2. The van der Waals surface area contributed by atoms with Crippen molar-refractivity contribution in [3.8, 4) is 0 Å². The van der Waals surface area contributed by atoms with Crippen LogP contribution in [0.5, 0.6) is 0 Å². The monoisotopic (exact) mass is 388 g/mol. The van der Waals surface area contributed by atoms with Crippen molar-refractivity contribution < 1.29 is 9.59 Å².